The van der Waals surface area contributed by atoms with Crippen LogP contribution in [0.3, 0.4) is 0 Å². The Kier molecular flexibility index (Phi) is 4.32. The van der Waals surface area contributed by atoms with Crippen molar-refractivity contribution in [2.45, 2.75) is 6.42 Å². The topological polar surface area (TPSA) is 64.3 Å². The van der Waals surface area contributed by atoms with Crippen LogP contribution in [-0.2, 0) is 4.79 Å². The highest BCUT2D eigenvalue weighted by atomic mass is 79.9. The largest absolute Gasteiger partial charge is 0.481 e. The fourth-order valence-electron chi connectivity index (χ4n) is 1.31. The number of aliphatic carboxylic acids is 1. The highest BCUT2D eigenvalue weighted by Gasteiger charge is 2.09. The third-order valence-corrected chi connectivity index (χ3v) is 2.64. The Labute approximate surface area is 102 Å². The molecule has 0 aromatic heterocycles. The van der Waals surface area contributed by atoms with E-state index in [1.807, 2.05) is 6.07 Å². The second kappa shape index (κ2) is 5.52. The van der Waals surface area contributed by atoms with Crippen molar-refractivity contribution in [2.24, 2.45) is 0 Å². The van der Waals surface area contributed by atoms with Crippen molar-refractivity contribution in [3.8, 4) is 6.07 Å². The molecule has 16 heavy (non-hydrogen) atoms. The molecule has 0 saturated carbocycles. The molecule has 1 N–H and O–H groups in total. The maximum Gasteiger partial charge on any atom is 0.305 e. The molecule has 0 aliphatic carbocycles. The molecule has 0 atom stereocenters. The van der Waals surface area contributed by atoms with Crippen LogP contribution in [0.15, 0.2) is 22.7 Å². The van der Waals surface area contributed by atoms with E-state index in [0.29, 0.717) is 12.1 Å². The van der Waals surface area contributed by atoms with E-state index in [2.05, 4.69) is 22.0 Å². The minimum Gasteiger partial charge on any atom is -0.481 e. The Morgan fingerprint density at radius 1 is 1.62 bits per heavy atom. The van der Waals surface area contributed by atoms with Gasteiger partial charge in [0.1, 0.15) is 6.07 Å². The number of nitrogens with zero attached hydrogens (tertiary/aromatic N) is 2. The van der Waals surface area contributed by atoms with Crippen molar-refractivity contribution >= 4 is 27.6 Å². The number of halogens is 1. The number of hydrogen-bond donors (Lipinski definition) is 1. The van der Waals surface area contributed by atoms with Crippen molar-refractivity contribution in [1.82, 2.24) is 0 Å². The molecule has 0 aliphatic rings. The summed E-state index contributed by atoms with van der Waals surface area (Å²) >= 11 is 3.28. The number of carboxylic acid groups (broad SMARTS) is 1. The van der Waals surface area contributed by atoms with Crippen LogP contribution in [0.25, 0.3) is 0 Å². The summed E-state index contributed by atoms with van der Waals surface area (Å²) in [7, 11) is 1.77. The minimum atomic E-state index is -0.845. The predicted molar refractivity (Wildman–Crippen MR) is 64.4 cm³/mol. The lowest BCUT2D eigenvalue weighted by atomic mass is 10.2. The summed E-state index contributed by atoms with van der Waals surface area (Å²) in [6, 6.07) is 7.42. The molecule has 0 aliphatic heterocycles. The Morgan fingerprint density at radius 2 is 2.31 bits per heavy atom. The Hall–Kier alpha value is -1.54. The van der Waals surface area contributed by atoms with E-state index in [4.69, 9.17) is 10.4 Å². The minimum absolute atomic E-state index is 0.0530. The zero-order chi connectivity index (χ0) is 12.1. The SMILES string of the molecule is CN(CCC(=O)O)c1ccc(Br)cc1C#N. The predicted octanol–water partition coefficient (Wildman–Crippen LogP) is 2.23. The van der Waals surface area contributed by atoms with Crippen LogP contribution in [0.2, 0.25) is 0 Å². The first kappa shape index (κ1) is 12.5. The number of rotatable bonds is 4. The van der Waals surface area contributed by atoms with E-state index in [1.54, 1.807) is 24.1 Å². The van der Waals surface area contributed by atoms with Crippen LogP contribution in [0.1, 0.15) is 12.0 Å². The van der Waals surface area contributed by atoms with E-state index < -0.39 is 5.97 Å². The highest BCUT2D eigenvalue weighted by molar-refractivity contribution is 9.10. The number of carbonyl (C=O) groups is 1. The molecule has 84 valence electrons. The molecule has 0 fully saturated rings. The smallest absolute Gasteiger partial charge is 0.305 e. The molecule has 0 amide bonds. The molecular weight excluding hydrogens is 272 g/mol. The zero-order valence-corrected chi connectivity index (χ0v) is 10.4. The second-order valence-electron chi connectivity index (χ2n) is 3.34. The van der Waals surface area contributed by atoms with Crippen LogP contribution < -0.4 is 4.90 Å². The van der Waals surface area contributed by atoms with Crippen LogP contribution in [0.4, 0.5) is 5.69 Å². The van der Waals surface area contributed by atoms with Crippen LogP contribution in [-0.4, -0.2) is 24.7 Å². The van der Waals surface area contributed by atoms with Gasteiger partial charge in [-0.05, 0) is 18.2 Å². The van der Waals surface area contributed by atoms with Crippen molar-refractivity contribution in [3.05, 3.63) is 28.2 Å². The van der Waals surface area contributed by atoms with E-state index in [-0.39, 0.29) is 6.42 Å². The number of hydrogen-bond acceptors (Lipinski definition) is 3. The maximum atomic E-state index is 10.4. The maximum absolute atomic E-state index is 10.4. The summed E-state index contributed by atoms with van der Waals surface area (Å²) < 4.78 is 0.833. The fourth-order valence-corrected chi connectivity index (χ4v) is 1.68. The molecule has 4 nitrogen and oxygen atoms in total. The molecule has 0 radical (unpaired) electrons. The van der Waals surface area contributed by atoms with Gasteiger partial charge in [0, 0.05) is 18.1 Å². The zero-order valence-electron chi connectivity index (χ0n) is 8.77. The summed E-state index contributed by atoms with van der Waals surface area (Å²) in [5, 5.41) is 17.5. The fraction of sp³-hybridized carbons (Fsp3) is 0.273. The normalized spacial score (nSPS) is 9.56. The quantitative estimate of drug-likeness (QED) is 0.920. The molecular formula is C11H11BrN2O2. The van der Waals surface area contributed by atoms with E-state index in [9.17, 15) is 4.79 Å². The number of nitriles is 1. The monoisotopic (exact) mass is 282 g/mol. The van der Waals surface area contributed by atoms with Gasteiger partial charge in [-0.1, -0.05) is 15.9 Å². The molecule has 1 rings (SSSR count). The molecule has 5 heteroatoms. The Bertz CT molecular complexity index is 440. The molecule has 0 saturated heterocycles. The Morgan fingerprint density at radius 3 is 2.88 bits per heavy atom. The van der Waals surface area contributed by atoms with Crippen LogP contribution in [0.5, 0.6) is 0 Å². The third kappa shape index (κ3) is 3.24. The Balaban J connectivity index is 2.87. The van der Waals surface area contributed by atoms with Gasteiger partial charge in [-0.25, -0.2) is 0 Å². The van der Waals surface area contributed by atoms with Gasteiger partial charge in [-0.2, -0.15) is 5.26 Å². The van der Waals surface area contributed by atoms with Gasteiger partial charge in [0.15, 0.2) is 0 Å². The standard InChI is InChI=1S/C11H11BrN2O2/c1-14(5-4-11(15)16)10-3-2-9(12)6-8(10)7-13/h2-3,6H,4-5H2,1H3,(H,15,16). The van der Waals surface area contributed by atoms with Gasteiger partial charge in [0.25, 0.3) is 0 Å². The van der Waals surface area contributed by atoms with Crippen LogP contribution in [0, 0.1) is 11.3 Å². The average Bonchev–Trinajstić information content (AvgIpc) is 2.25. The average molecular weight is 283 g/mol. The lowest BCUT2D eigenvalue weighted by Gasteiger charge is -2.19. The van der Waals surface area contributed by atoms with Crippen molar-refractivity contribution in [3.63, 3.8) is 0 Å². The molecule has 0 spiro atoms. The van der Waals surface area contributed by atoms with Gasteiger partial charge in [0.2, 0.25) is 0 Å². The first-order valence-electron chi connectivity index (χ1n) is 4.67. The van der Waals surface area contributed by atoms with Gasteiger partial charge in [-0.15, -0.1) is 0 Å². The summed E-state index contributed by atoms with van der Waals surface area (Å²) in [5.74, 6) is -0.845. The lowest BCUT2D eigenvalue weighted by Crippen LogP contribution is -2.21. The van der Waals surface area contributed by atoms with E-state index in [0.717, 1.165) is 10.2 Å². The second-order valence-corrected chi connectivity index (χ2v) is 4.25. The van der Waals surface area contributed by atoms with Crippen LogP contribution >= 0.6 is 15.9 Å². The summed E-state index contributed by atoms with van der Waals surface area (Å²) in [4.78, 5) is 12.2. The lowest BCUT2D eigenvalue weighted by molar-refractivity contribution is -0.136. The first-order valence-corrected chi connectivity index (χ1v) is 5.46. The highest BCUT2D eigenvalue weighted by Crippen LogP contribution is 2.23. The summed E-state index contributed by atoms with van der Waals surface area (Å²) in [6.07, 6.45) is 0.0530. The van der Waals surface area contributed by atoms with E-state index in [1.165, 1.54) is 0 Å². The van der Waals surface area contributed by atoms with Crippen molar-refractivity contribution in [1.29, 1.82) is 5.26 Å². The van der Waals surface area contributed by atoms with Crippen molar-refractivity contribution < 1.29 is 9.90 Å². The first-order chi connectivity index (χ1) is 7.54. The van der Waals surface area contributed by atoms with Gasteiger partial charge in [-0.3, -0.25) is 4.79 Å². The van der Waals surface area contributed by atoms with Gasteiger partial charge < -0.3 is 10.0 Å². The molecule has 1 aromatic carbocycles. The number of benzene rings is 1. The molecule has 0 bridgehead atoms. The van der Waals surface area contributed by atoms with E-state index >= 15 is 0 Å². The van der Waals surface area contributed by atoms with Gasteiger partial charge >= 0.3 is 5.97 Å². The summed E-state index contributed by atoms with van der Waals surface area (Å²) in [6.45, 7) is 0.381. The third-order valence-electron chi connectivity index (χ3n) is 2.15. The molecule has 1 aromatic rings. The van der Waals surface area contributed by atoms with Crippen molar-refractivity contribution in [2.75, 3.05) is 18.5 Å². The molecule has 0 unspecified atom stereocenters. The number of anilines is 1. The molecule has 0 heterocycles. The van der Waals surface area contributed by atoms with Gasteiger partial charge in [0.05, 0.1) is 17.7 Å². The summed E-state index contributed by atoms with van der Waals surface area (Å²) in [5.41, 5.74) is 1.27. The number of carboxylic acids is 1.